The fraction of sp³-hybridized carbons (Fsp3) is 0.750. The van der Waals surface area contributed by atoms with Gasteiger partial charge in [0.15, 0.2) is 0 Å². The summed E-state index contributed by atoms with van der Waals surface area (Å²) in [6.45, 7) is 8.31. The summed E-state index contributed by atoms with van der Waals surface area (Å²) in [7, 11) is 1.70. The molecule has 0 bridgehead atoms. The number of methoxy groups -OCH3 is 1. The maximum atomic E-state index is 5.32. The van der Waals surface area contributed by atoms with Gasteiger partial charge in [-0.1, -0.05) is 42.1 Å². The van der Waals surface area contributed by atoms with E-state index in [0.717, 1.165) is 12.2 Å². The lowest BCUT2D eigenvalue weighted by molar-refractivity contribution is 0.152. The average molecular weight is 259 g/mol. The average Bonchev–Trinajstić information content (AvgIpc) is 2.13. The minimum atomic E-state index is 0.412. The van der Waals surface area contributed by atoms with Crippen LogP contribution in [-0.4, -0.2) is 11.9 Å². The lowest BCUT2D eigenvalue weighted by atomic mass is 9.71. The molecule has 0 spiro atoms. The van der Waals surface area contributed by atoms with Gasteiger partial charge in [0.05, 0.1) is 7.11 Å². The standard InChI is InChI=1S/C12H19BrO/c1-5-11(14-4)9-8-12(2,3)7-6-10(9)13/h9-10H,1,6-8H2,2-4H3. The van der Waals surface area contributed by atoms with Gasteiger partial charge in [0.1, 0.15) is 5.76 Å². The van der Waals surface area contributed by atoms with Gasteiger partial charge in [0, 0.05) is 10.7 Å². The summed E-state index contributed by atoms with van der Waals surface area (Å²) >= 11 is 3.72. The van der Waals surface area contributed by atoms with Crippen LogP contribution in [0.3, 0.4) is 0 Å². The first-order valence-corrected chi connectivity index (χ1v) is 6.00. The molecular formula is C12H19BrO. The second kappa shape index (κ2) is 4.55. The van der Waals surface area contributed by atoms with E-state index in [1.165, 1.54) is 12.8 Å². The van der Waals surface area contributed by atoms with E-state index < -0.39 is 0 Å². The Balaban J connectivity index is 2.80. The number of ether oxygens (including phenoxy) is 1. The van der Waals surface area contributed by atoms with E-state index in [0.29, 0.717) is 16.2 Å². The molecule has 80 valence electrons. The van der Waals surface area contributed by atoms with Crippen molar-refractivity contribution in [3.8, 4) is 0 Å². The Bertz CT molecular complexity index is 251. The third-order valence-corrected chi connectivity index (χ3v) is 4.13. The molecule has 1 aliphatic carbocycles. The highest BCUT2D eigenvalue weighted by Gasteiger charge is 2.36. The van der Waals surface area contributed by atoms with Crippen LogP contribution >= 0.6 is 15.9 Å². The van der Waals surface area contributed by atoms with E-state index >= 15 is 0 Å². The van der Waals surface area contributed by atoms with Crippen LogP contribution in [0.4, 0.5) is 0 Å². The van der Waals surface area contributed by atoms with E-state index in [1.807, 2.05) is 0 Å². The molecule has 2 atom stereocenters. The Kier molecular flexibility index (Phi) is 3.86. The topological polar surface area (TPSA) is 9.23 Å². The molecule has 1 fully saturated rings. The van der Waals surface area contributed by atoms with E-state index in [-0.39, 0.29) is 0 Å². The number of hydrogen-bond acceptors (Lipinski definition) is 1. The molecule has 1 rings (SSSR count). The second-order valence-electron chi connectivity index (χ2n) is 4.77. The number of allylic oxidation sites excluding steroid dienone is 1. The number of halogens is 1. The monoisotopic (exact) mass is 258 g/mol. The Morgan fingerprint density at radius 1 is 1.57 bits per heavy atom. The van der Waals surface area contributed by atoms with Crippen LogP contribution in [0.5, 0.6) is 0 Å². The maximum absolute atomic E-state index is 5.32. The Labute approximate surface area is 95.3 Å². The highest BCUT2D eigenvalue weighted by molar-refractivity contribution is 9.09. The summed E-state index contributed by atoms with van der Waals surface area (Å²) in [5.74, 6) is 1.33. The lowest BCUT2D eigenvalue weighted by Gasteiger charge is -2.38. The van der Waals surface area contributed by atoms with E-state index in [9.17, 15) is 0 Å². The smallest absolute Gasteiger partial charge is 0.141 e. The second-order valence-corrected chi connectivity index (χ2v) is 5.95. The number of alkyl halides is 1. The summed E-state index contributed by atoms with van der Waals surface area (Å²) in [6.07, 6.45) is 3.62. The normalized spacial score (nSPS) is 30.6. The molecule has 1 nitrogen and oxygen atoms in total. The molecule has 0 aromatic heterocycles. The van der Waals surface area contributed by atoms with Crippen LogP contribution < -0.4 is 0 Å². The van der Waals surface area contributed by atoms with Crippen molar-refractivity contribution < 1.29 is 4.74 Å². The van der Waals surface area contributed by atoms with Gasteiger partial charge in [-0.3, -0.25) is 0 Å². The minimum absolute atomic E-state index is 0.412. The van der Waals surface area contributed by atoms with Crippen LogP contribution in [0.1, 0.15) is 33.1 Å². The molecule has 14 heavy (non-hydrogen) atoms. The molecule has 2 heteroatoms. The zero-order valence-electron chi connectivity index (χ0n) is 9.27. The third-order valence-electron chi connectivity index (χ3n) is 3.04. The zero-order chi connectivity index (χ0) is 10.8. The Morgan fingerprint density at radius 3 is 2.71 bits per heavy atom. The van der Waals surface area contributed by atoms with Gasteiger partial charge in [-0.2, -0.15) is 0 Å². The van der Waals surface area contributed by atoms with Gasteiger partial charge in [-0.05, 0) is 24.7 Å². The minimum Gasteiger partial charge on any atom is -0.493 e. The first kappa shape index (κ1) is 11.9. The van der Waals surface area contributed by atoms with Crippen molar-refractivity contribution in [1.29, 1.82) is 0 Å². The molecule has 1 saturated carbocycles. The van der Waals surface area contributed by atoms with Crippen molar-refractivity contribution in [3.05, 3.63) is 18.1 Å². The molecule has 0 radical (unpaired) electrons. The Hall–Kier alpha value is -0.200. The predicted octanol–water partition coefficient (Wildman–Crippen LogP) is 3.89. The molecule has 0 amide bonds. The molecular weight excluding hydrogens is 240 g/mol. The van der Waals surface area contributed by atoms with Gasteiger partial charge in [0.2, 0.25) is 0 Å². The quantitative estimate of drug-likeness (QED) is 0.415. The molecule has 0 N–H and O–H groups in total. The fourth-order valence-corrected chi connectivity index (χ4v) is 2.82. The molecule has 1 aliphatic rings. The van der Waals surface area contributed by atoms with Crippen LogP contribution in [0.15, 0.2) is 18.1 Å². The predicted molar refractivity (Wildman–Crippen MR) is 63.5 cm³/mol. The van der Waals surface area contributed by atoms with Gasteiger partial charge in [-0.25, -0.2) is 0 Å². The SMILES string of the molecule is C=C=C(OC)C1CC(C)(C)CCC1Br. The molecule has 0 aromatic rings. The summed E-state index contributed by atoms with van der Waals surface area (Å²) < 4.78 is 5.32. The summed E-state index contributed by atoms with van der Waals surface area (Å²) in [5.41, 5.74) is 3.32. The largest absolute Gasteiger partial charge is 0.493 e. The first-order chi connectivity index (χ1) is 6.50. The van der Waals surface area contributed by atoms with E-state index in [4.69, 9.17) is 4.74 Å². The van der Waals surface area contributed by atoms with Crippen LogP contribution in [-0.2, 0) is 4.74 Å². The number of rotatable bonds is 2. The van der Waals surface area contributed by atoms with Crippen LogP contribution in [0, 0.1) is 11.3 Å². The number of hydrogen-bond donors (Lipinski definition) is 0. The van der Waals surface area contributed by atoms with Gasteiger partial charge in [0.25, 0.3) is 0 Å². The van der Waals surface area contributed by atoms with Gasteiger partial charge >= 0.3 is 0 Å². The van der Waals surface area contributed by atoms with Gasteiger partial charge < -0.3 is 4.74 Å². The zero-order valence-corrected chi connectivity index (χ0v) is 10.9. The van der Waals surface area contributed by atoms with Crippen molar-refractivity contribution in [2.75, 3.05) is 7.11 Å². The lowest BCUT2D eigenvalue weighted by Crippen LogP contribution is -2.31. The molecule has 0 heterocycles. The Morgan fingerprint density at radius 2 is 2.21 bits per heavy atom. The van der Waals surface area contributed by atoms with Crippen molar-refractivity contribution >= 4 is 15.9 Å². The molecule has 2 unspecified atom stereocenters. The molecule has 0 saturated heterocycles. The van der Waals surface area contributed by atoms with Crippen molar-refractivity contribution in [2.24, 2.45) is 11.3 Å². The first-order valence-electron chi connectivity index (χ1n) is 5.08. The van der Waals surface area contributed by atoms with E-state index in [1.54, 1.807) is 7.11 Å². The molecule has 0 aromatic carbocycles. The summed E-state index contributed by atoms with van der Waals surface area (Å²) in [5, 5.41) is 0. The maximum Gasteiger partial charge on any atom is 0.141 e. The highest BCUT2D eigenvalue weighted by Crippen LogP contribution is 2.44. The highest BCUT2D eigenvalue weighted by atomic mass is 79.9. The van der Waals surface area contributed by atoms with Crippen LogP contribution in [0.25, 0.3) is 0 Å². The molecule has 0 aliphatic heterocycles. The van der Waals surface area contributed by atoms with Crippen molar-refractivity contribution in [3.63, 3.8) is 0 Å². The van der Waals surface area contributed by atoms with Crippen molar-refractivity contribution in [2.45, 2.75) is 37.9 Å². The van der Waals surface area contributed by atoms with Gasteiger partial charge in [-0.15, -0.1) is 0 Å². The van der Waals surface area contributed by atoms with Crippen molar-refractivity contribution in [1.82, 2.24) is 0 Å². The van der Waals surface area contributed by atoms with E-state index in [2.05, 4.69) is 42.1 Å². The van der Waals surface area contributed by atoms with Crippen LogP contribution in [0.2, 0.25) is 0 Å². The summed E-state index contributed by atoms with van der Waals surface area (Å²) in [4.78, 5) is 0.514. The fourth-order valence-electron chi connectivity index (χ4n) is 2.17. The summed E-state index contributed by atoms with van der Waals surface area (Å²) in [6, 6.07) is 0. The third kappa shape index (κ3) is 2.65.